The van der Waals surface area contributed by atoms with Gasteiger partial charge in [-0.2, -0.15) is 0 Å². The zero-order chi connectivity index (χ0) is 14.7. The van der Waals surface area contributed by atoms with Crippen LogP contribution in [0.5, 0.6) is 0 Å². The molecule has 1 atom stereocenters. The van der Waals surface area contributed by atoms with Crippen LogP contribution >= 0.6 is 0 Å². The van der Waals surface area contributed by atoms with E-state index in [-0.39, 0.29) is 18.1 Å². The number of ether oxygens (including phenoxy) is 1. The third-order valence-corrected chi connectivity index (χ3v) is 4.49. The topological polar surface area (TPSA) is 55.3 Å². The molecule has 0 bridgehead atoms. The highest BCUT2D eigenvalue weighted by Gasteiger charge is 2.30. The molecule has 1 amide bonds. The molecule has 114 valence electrons. The van der Waals surface area contributed by atoms with Gasteiger partial charge in [-0.3, -0.25) is 4.79 Å². The molecule has 5 heteroatoms. The average Bonchev–Trinajstić information content (AvgIpc) is 3.04. The van der Waals surface area contributed by atoms with Gasteiger partial charge in [0.2, 0.25) is 0 Å². The van der Waals surface area contributed by atoms with Gasteiger partial charge in [0.15, 0.2) is 0 Å². The van der Waals surface area contributed by atoms with Gasteiger partial charge in [0.25, 0.3) is 5.91 Å². The quantitative estimate of drug-likeness (QED) is 0.852. The smallest absolute Gasteiger partial charge is 0.252 e. The van der Waals surface area contributed by atoms with Crippen molar-refractivity contribution in [3.05, 3.63) is 23.8 Å². The molecule has 0 unspecified atom stereocenters. The maximum absolute atomic E-state index is 12.7. The fourth-order valence-corrected chi connectivity index (χ4v) is 3.23. The lowest BCUT2D eigenvalue weighted by Gasteiger charge is -2.31. The van der Waals surface area contributed by atoms with Crippen LogP contribution in [0.1, 0.15) is 50.3 Å². The molecule has 0 spiro atoms. The predicted molar refractivity (Wildman–Crippen MR) is 78.6 cm³/mol. The summed E-state index contributed by atoms with van der Waals surface area (Å²) in [6.45, 7) is 3.35. The Labute approximate surface area is 125 Å². The molecule has 3 rings (SSSR count). The minimum Gasteiger partial charge on any atom is -0.365 e. The van der Waals surface area contributed by atoms with Crippen LogP contribution in [0.25, 0.3) is 0 Å². The van der Waals surface area contributed by atoms with E-state index in [9.17, 15) is 4.79 Å². The summed E-state index contributed by atoms with van der Waals surface area (Å²) in [7, 11) is 0. The first kappa shape index (κ1) is 14.4. The Morgan fingerprint density at radius 3 is 3.05 bits per heavy atom. The Kier molecular flexibility index (Phi) is 4.48. The van der Waals surface area contributed by atoms with Crippen molar-refractivity contribution in [3.63, 3.8) is 0 Å². The lowest BCUT2D eigenvalue weighted by atomic mass is 10.1. The molecule has 0 N–H and O–H groups in total. The summed E-state index contributed by atoms with van der Waals surface area (Å²) in [4.78, 5) is 22.9. The van der Waals surface area contributed by atoms with Crippen molar-refractivity contribution in [3.8, 4) is 0 Å². The number of hydrogen-bond donors (Lipinski definition) is 0. The Balaban J connectivity index is 1.64. The Hall–Kier alpha value is -1.49. The first-order valence-electron chi connectivity index (χ1n) is 8.00. The number of carbonyl (C=O) groups excluding carboxylic acids is 1. The zero-order valence-corrected chi connectivity index (χ0v) is 12.6. The molecule has 1 aliphatic carbocycles. The van der Waals surface area contributed by atoms with E-state index in [0.717, 1.165) is 43.5 Å². The SMILES string of the molecule is CC[C@H](OC1CCCC1)C(=O)N1CCc2cncnc2C1. The molecule has 2 aliphatic rings. The van der Waals surface area contributed by atoms with Crippen LogP contribution in [0.2, 0.25) is 0 Å². The summed E-state index contributed by atoms with van der Waals surface area (Å²) in [6, 6.07) is 0. The van der Waals surface area contributed by atoms with Crippen LogP contribution in [0.4, 0.5) is 0 Å². The highest BCUT2D eigenvalue weighted by atomic mass is 16.5. The molecule has 1 aromatic rings. The van der Waals surface area contributed by atoms with E-state index in [4.69, 9.17) is 4.74 Å². The first-order valence-corrected chi connectivity index (χ1v) is 8.00. The summed E-state index contributed by atoms with van der Waals surface area (Å²) in [5.41, 5.74) is 2.13. The summed E-state index contributed by atoms with van der Waals surface area (Å²) >= 11 is 0. The maximum Gasteiger partial charge on any atom is 0.252 e. The molecule has 0 aromatic carbocycles. The van der Waals surface area contributed by atoms with E-state index in [1.54, 1.807) is 6.33 Å². The Morgan fingerprint density at radius 1 is 1.48 bits per heavy atom. The normalized spacial score (nSPS) is 20.3. The monoisotopic (exact) mass is 289 g/mol. The van der Waals surface area contributed by atoms with Crippen molar-refractivity contribution in [1.29, 1.82) is 0 Å². The highest BCUT2D eigenvalue weighted by Crippen LogP contribution is 2.24. The number of fused-ring (bicyclic) bond motifs is 1. The summed E-state index contributed by atoms with van der Waals surface area (Å²) in [6.07, 6.45) is 9.61. The third-order valence-electron chi connectivity index (χ3n) is 4.49. The van der Waals surface area contributed by atoms with E-state index in [2.05, 4.69) is 9.97 Å². The molecular formula is C16H23N3O2. The second kappa shape index (κ2) is 6.52. The molecule has 2 heterocycles. The van der Waals surface area contributed by atoms with E-state index in [1.165, 1.54) is 12.8 Å². The number of hydrogen-bond acceptors (Lipinski definition) is 4. The standard InChI is InChI=1S/C16H23N3O2/c1-2-15(21-13-5-3-4-6-13)16(20)19-8-7-12-9-17-11-18-14(12)10-19/h9,11,13,15H,2-8,10H2,1H3/t15-/m0/s1. The molecule has 1 fully saturated rings. The lowest BCUT2D eigenvalue weighted by molar-refractivity contribution is -0.148. The molecule has 5 nitrogen and oxygen atoms in total. The first-order chi connectivity index (χ1) is 10.3. The molecule has 1 aliphatic heterocycles. The van der Waals surface area contributed by atoms with Gasteiger partial charge in [0.1, 0.15) is 12.4 Å². The number of aromatic nitrogens is 2. The van der Waals surface area contributed by atoms with Crippen LogP contribution in [0.3, 0.4) is 0 Å². The van der Waals surface area contributed by atoms with Gasteiger partial charge in [0.05, 0.1) is 18.3 Å². The van der Waals surface area contributed by atoms with Crippen molar-refractivity contribution in [2.45, 2.75) is 64.2 Å². The highest BCUT2D eigenvalue weighted by molar-refractivity contribution is 5.81. The number of rotatable bonds is 4. The molecule has 21 heavy (non-hydrogen) atoms. The molecule has 0 radical (unpaired) electrons. The van der Waals surface area contributed by atoms with Gasteiger partial charge < -0.3 is 9.64 Å². The minimum atomic E-state index is -0.295. The zero-order valence-electron chi connectivity index (χ0n) is 12.6. The summed E-state index contributed by atoms with van der Waals surface area (Å²) in [5.74, 6) is 0.119. The number of nitrogens with zero attached hydrogens (tertiary/aromatic N) is 3. The Morgan fingerprint density at radius 2 is 2.29 bits per heavy atom. The van der Waals surface area contributed by atoms with Gasteiger partial charge in [0, 0.05) is 12.7 Å². The summed E-state index contributed by atoms with van der Waals surface area (Å²) in [5, 5.41) is 0. The van der Waals surface area contributed by atoms with Crippen LogP contribution in [-0.2, 0) is 22.5 Å². The van der Waals surface area contributed by atoms with Crippen LogP contribution in [-0.4, -0.2) is 39.5 Å². The minimum absolute atomic E-state index is 0.119. The maximum atomic E-state index is 12.7. The van der Waals surface area contributed by atoms with E-state index < -0.39 is 0 Å². The van der Waals surface area contributed by atoms with Crippen molar-refractivity contribution < 1.29 is 9.53 Å². The lowest BCUT2D eigenvalue weighted by Crippen LogP contribution is -2.44. The number of carbonyl (C=O) groups is 1. The van der Waals surface area contributed by atoms with E-state index in [0.29, 0.717) is 6.54 Å². The molecular weight excluding hydrogens is 266 g/mol. The van der Waals surface area contributed by atoms with Gasteiger partial charge in [-0.25, -0.2) is 9.97 Å². The Bertz CT molecular complexity index is 500. The second-order valence-electron chi connectivity index (χ2n) is 5.94. The largest absolute Gasteiger partial charge is 0.365 e. The van der Waals surface area contributed by atoms with Crippen LogP contribution in [0.15, 0.2) is 12.5 Å². The number of amides is 1. The van der Waals surface area contributed by atoms with Crippen molar-refractivity contribution >= 4 is 5.91 Å². The molecule has 0 saturated heterocycles. The van der Waals surface area contributed by atoms with Crippen LogP contribution < -0.4 is 0 Å². The fraction of sp³-hybridized carbons (Fsp3) is 0.688. The fourth-order valence-electron chi connectivity index (χ4n) is 3.23. The summed E-state index contributed by atoms with van der Waals surface area (Å²) < 4.78 is 6.04. The van der Waals surface area contributed by atoms with E-state index >= 15 is 0 Å². The van der Waals surface area contributed by atoms with Crippen molar-refractivity contribution in [2.24, 2.45) is 0 Å². The predicted octanol–water partition coefficient (Wildman–Crippen LogP) is 2.10. The molecule has 1 aromatic heterocycles. The average molecular weight is 289 g/mol. The van der Waals surface area contributed by atoms with Crippen molar-refractivity contribution in [2.75, 3.05) is 6.54 Å². The van der Waals surface area contributed by atoms with E-state index in [1.807, 2.05) is 18.0 Å². The molecule has 1 saturated carbocycles. The second-order valence-corrected chi connectivity index (χ2v) is 5.94. The van der Waals surface area contributed by atoms with Crippen molar-refractivity contribution in [1.82, 2.24) is 14.9 Å². The van der Waals surface area contributed by atoms with Crippen LogP contribution in [0, 0.1) is 0 Å². The van der Waals surface area contributed by atoms with Gasteiger partial charge >= 0.3 is 0 Å². The van der Waals surface area contributed by atoms with Gasteiger partial charge in [-0.05, 0) is 31.2 Å². The van der Waals surface area contributed by atoms with Gasteiger partial charge in [-0.1, -0.05) is 19.8 Å². The van der Waals surface area contributed by atoms with Gasteiger partial charge in [-0.15, -0.1) is 0 Å². The third kappa shape index (κ3) is 3.23.